The van der Waals surface area contributed by atoms with Crippen molar-refractivity contribution in [2.75, 3.05) is 13.2 Å². The van der Waals surface area contributed by atoms with Gasteiger partial charge in [0.1, 0.15) is 0 Å². The van der Waals surface area contributed by atoms with Crippen molar-refractivity contribution in [1.29, 1.82) is 0 Å². The number of nitrogens with zero attached hydrogens (tertiary/aromatic N) is 1. The highest BCUT2D eigenvalue weighted by atomic mass is 16.3. The van der Waals surface area contributed by atoms with Crippen molar-refractivity contribution in [1.82, 2.24) is 4.90 Å². The number of aliphatic hydroxyl groups excluding tert-OH is 2. The van der Waals surface area contributed by atoms with E-state index in [0.29, 0.717) is 12.8 Å². The summed E-state index contributed by atoms with van der Waals surface area (Å²) in [5.41, 5.74) is 1.96. The first-order valence-corrected chi connectivity index (χ1v) is 10.3. The van der Waals surface area contributed by atoms with Gasteiger partial charge in [-0.05, 0) is 42.4 Å². The predicted molar refractivity (Wildman–Crippen MR) is 109 cm³/mol. The van der Waals surface area contributed by atoms with Gasteiger partial charge in [-0.15, -0.1) is 0 Å². The fraction of sp³-hybridized carbons (Fsp3) is 0.458. The zero-order valence-electron chi connectivity index (χ0n) is 16.5. The van der Waals surface area contributed by atoms with Crippen LogP contribution in [-0.2, 0) is 16.8 Å². The van der Waals surface area contributed by atoms with Crippen LogP contribution < -0.4 is 0 Å². The van der Waals surface area contributed by atoms with E-state index in [1.165, 1.54) is 5.56 Å². The van der Waals surface area contributed by atoms with E-state index >= 15 is 0 Å². The van der Waals surface area contributed by atoms with Crippen LogP contribution in [0.4, 0.5) is 0 Å². The molecule has 2 aromatic rings. The predicted octanol–water partition coefficient (Wildman–Crippen LogP) is 3.57. The van der Waals surface area contributed by atoms with Crippen molar-refractivity contribution >= 4 is 5.91 Å². The highest BCUT2D eigenvalue weighted by molar-refractivity contribution is 5.85. The second-order valence-electron chi connectivity index (χ2n) is 8.40. The van der Waals surface area contributed by atoms with E-state index in [1.54, 1.807) is 0 Å². The number of fused-ring (bicyclic) bond motifs is 3. The van der Waals surface area contributed by atoms with E-state index in [1.807, 2.05) is 41.3 Å². The first kappa shape index (κ1) is 19.2. The third-order valence-corrected chi connectivity index (χ3v) is 6.78. The highest BCUT2D eigenvalue weighted by Crippen LogP contribution is 2.52. The van der Waals surface area contributed by atoms with Crippen LogP contribution >= 0.6 is 0 Å². The SMILES string of the molecule is CCC[C@@]1(CO)CC[C@@]2(Cc3ccccc3)c3ccccc3[C@H](O)CN2C1=O. The first-order chi connectivity index (χ1) is 13.6. The molecule has 4 nitrogen and oxygen atoms in total. The van der Waals surface area contributed by atoms with Gasteiger partial charge in [-0.3, -0.25) is 4.79 Å². The Morgan fingerprint density at radius 3 is 2.50 bits per heavy atom. The Bertz CT molecular complexity index is 852. The summed E-state index contributed by atoms with van der Waals surface area (Å²) in [5.74, 6) is -0.00687. The number of benzene rings is 2. The number of hydrogen-bond acceptors (Lipinski definition) is 3. The molecule has 0 unspecified atom stereocenters. The van der Waals surface area contributed by atoms with Gasteiger partial charge >= 0.3 is 0 Å². The summed E-state index contributed by atoms with van der Waals surface area (Å²) in [6, 6.07) is 18.2. The lowest BCUT2D eigenvalue weighted by Crippen LogP contribution is -2.64. The summed E-state index contributed by atoms with van der Waals surface area (Å²) in [5, 5.41) is 21.0. The van der Waals surface area contributed by atoms with E-state index in [0.717, 1.165) is 30.4 Å². The van der Waals surface area contributed by atoms with Gasteiger partial charge in [0, 0.05) is 0 Å². The van der Waals surface area contributed by atoms with Crippen LogP contribution in [-0.4, -0.2) is 34.2 Å². The van der Waals surface area contributed by atoms with Crippen LogP contribution in [0.2, 0.25) is 0 Å². The van der Waals surface area contributed by atoms with Crippen LogP contribution in [0.15, 0.2) is 54.6 Å². The summed E-state index contributed by atoms with van der Waals surface area (Å²) in [4.78, 5) is 15.6. The lowest BCUT2D eigenvalue weighted by atomic mass is 9.64. The molecule has 2 heterocycles. The molecule has 0 aliphatic carbocycles. The van der Waals surface area contributed by atoms with Gasteiger partial charge in [0.15, 0.2) is 0 Å². The zero-order chi connectivity index (χ0) is 19.8. The Morgan fingerprint density at radius 1 is 1.07 bits per heavy atom. The minimum atomic E-state index is -0.721. The lowest BCUT2D eigenvalue weighted by molar-refractivity contribution is -0.167. The largest absolute Gasteiger partial charge is 0.395 e. The molecule has 148 valence electrons. The van der Waals surface area contributed by atoms with E-state index in [4.69, 9.17) is 0 Å². The zero-order valence-corrected chi connectivity index (χ0v) is 16.5. The van der Waals surface area contributed by atoms with Gasteiger partial charge < -0.3 is 15.1 Å². The van der Waals surface area contributed by atoms with Crippen LogP contribution in [0.25, 0.3) is 0 Å². The van der Waals surface area contributed by atoms with Gasteiger partial charge in [-0.25, -0.2) is 0 Å². The molecular weight excluding hydrogens is 350 g/mol. The second-order valence-corrected chi connectivity index (χ2v) is 8.40. The molecule has 0 spiro atoms. The molecule has 4 heteroatoms. The van der Waals surface area contributed by atoms with Crippen LogP contribution in [0.1, 0.15) is 55.4 Å². The molecule has 4 rings (SSSR count). The lowest BCUT2D eigenvalue weighted by Gasteiger charge is -2.57. The summed E-state index contributed by atoms with van der Waals surface area (Å²) in [7, 11) is 0. The number of aliphatic hydroxyl groups is 2. The van der Waals surface area contributed by atoms with Crippen molar-refractivity contribution in [3.05, 3.63) is 71.3 Å². The smallest absolute Gasteiger partial charge is 0.231 e. The number of rotatable bonds is 5. The van der Waals surface area contributed by atoms with Crippen LogP contribution in [0.3, 0.4) is 0 Å². The average Bonchev–Trinajstić information content (AvgIpc) is 2.73. The van der Waals surface area contributed by atoms with Crippen molar-refractivity contribution in [2.45, 2.75) is 50.7 Å². The third-order valence-electron chi connectivity index (χ3n) is 6.78. The number of carbonyl (C=O) groups excluding carboxylic acids is 1. The number of piperidine rings is 1. The van der Waals surface area contributed by atoms with Crippen molar-refractivity contribution in [2.24, 2.45) is 5.41 Å². The van der Waals surface area contributed by atoms with Crippen LogP contribution in [0, 0.1) is 5.41 Å². The third kappa shape index (κ3) is 2.87. The first-order valence-electron chi connectivity index (χ1n) is 10.3. The summed E-state index contributed by atoms with van der Waals surface area (Å²) in [6.07, 6.45) is 3.02. The molecule has 3 atom stereocenters. The standard InChI is InChI=1S/C24H29NO3/c1-2-12-23(17-26)13-14-24(15-18-8-4-3-5-9-18)20-11-7-6-10-19(20)21(27)16-25(24)22(23)28/h3-11,21,26-27H,2,12-17H2,1H3/t21-,23+,24-/m1/s1. The fourth-order valence-corrected chi connectivity index (χ4v) is 5.34. The number of amides is 1. The second kappa shape index (κ2) is 7.34. The molecule has 1 amide bonds. The van der Waals surface area contributed by atoms with Gasteiger partial charge in [-0.1, -0.05) is 67.9 Å². The Morgan fingerprint density at radius 2 is 1.79 bits per heavy atom. The Kier molecular flexibility index (Phi) is 5.02. The molecule has 2 aliphatic rings. The van der Waals surface area contributed by atoms with Gasteiger partial charge in [0.2, 0.25) is 5.91 Å². The molecule has 2 aromatic carbocycles. The van der Waals surface area contributed by atoms with Crippen molar-refractivity contribution in [3.63, 3.8) is 0 Å². The molecular formula is C24H29NO3. The van der Waals surface area contributed by atoms with Crippen molar-refractivity contribution in [3.8, 4) is 0 Å². The Labute approximate surface area is 166 Å². The van der Waals surface area contributed by atoms with Crippen LogP contribution in [0.5, 0.6) is 0 Å². The maximum Gasteiger partial charge on any atom is 0.231 e. The Hall–Kier alpha value is -2.17. The van der Waals surface area contributed by atoms with Gasteiger partial charge in [-0.2, -0.15) is 0 Å². The van der Waals surface area contributed by atoms with Gasteiger partial charge in [0.05, 0.1) is 30.2 Å². The molecule has 1 saturated heterocycles. The van der Waals surface area contributed by atoms with Gasteiger partial charge in [0.25, 0.3) is 0 Å². The maximum absolute atomic E-state index is 13.7. The fourth-order valence-electron chi connectivity index (χ4n) is 5.34. The van der Waals surface area contributed by atoms with Crippen molar-refractivity contribution < 1.29 is 15.0 Å². The highest BCUT2D eigenvalue weighted by Gasteiger charge is 2.56. The average molecular weight is 380 g/mol. The summed E-state index contributed by atoms with van der Waals surface area (Å²) in [6.45, 7) is 2.21. The molecule has 0 aromatic heterocycles. The summed E-state index contributed by atoms with van der Waals surface area (Å²) >= 11 is 0. The van der Waals surface area contributed by atoms with E-state index in [2.05, 4.69) is 25.1 Å². The Balaban J connectivity index is 1.85. The maximum atomic E-state index is 13.7. The molecule has 28 heavy (non-hydrogen) atoms. The molecule has 2 aliphatic heterocycles. The quantitative estimate of drug-likeness (QED) is 0.835. The van der Waals surface area contributed by atoms with E-state index in [9.17, 15) is 15.0 Å². The van der Waals surface area contributed by atoms with E-state index < -0.39 is 17.1 Å². The number of hydrogen-bond donors (Lipinski definition) is 2. The molecule has 0 radical (unpaired) electrons. The van der Waals surface area contributed by atoms with E-state index in [-0.39, 0.29) is 19.1 Å². The molecule has 1 fully saturated rings. The normalized spacial score (nSPS) is 29.3. The molecule has 0 saturated carbocycles. The monoisotopic (exact) mass is 379 g/mol. The minimum absolute atomic E-state index is 0.00687. The molecule has 2 N–H and O–H groups in total. The molecule has 0 bridgehead atoms. The minimum Gasteiger partial charge on any atom is -0.395 e. The number of carbonyl (C=O) groups is 1. The summed E-state index contributed by atoms with van der Waals surface area (Å²) < 4.78 is 0. The topological polar surface area (TPSA) is 60.8 Å².